The molecule has 0 N–H and O–H groups in total. The van der Waals surface area contributed by atoms with Crippen molar-refractivity contribution in [2.75, 3.05) is 0 Å². The van der Waals surface area contributed by atoms with Crippen LogP contribution in [-0.4, -0.2) is 4.98 Å². The maximum atomic E-state index is 5.47. The minimum Gasteiger partial charge on any atom is -0.441 e. The van der Waals surface area contributed by atoms with Crippen molar-refractivity contribution in [1.82, 2.24) is 4.98 Å². The fourth-order valence-electron chi connectivity index (χ4n) is 1.58. The lowest BCUT2D eigenvalue weighted by Crippen LogP contribution is -2.32. The molecule has 0 spiro atoms. The zero-order valence-electron chi connectivity index (χ0n) is 9.81. The number of nitrogens with zero attached hydrogens (tertiary/aromatic N) is 2. The summed E-state index contributed by atoms with van der Waals surface area (Å²) in [4.78, 5) is 4.20. The van der Waals surface area contributed by atoms with E-state index in [1.807, 2.05) is 19.1 Å². The van der Waals surface area contributed by atoms with Gasteiger partial charge in [0.05, 0.1) is 6.20 Å². The predicted octanol–water partition coefficient (Wildman–Crippen LogP) is 2.74. The van der Waals surface area contributed by atoms with E-state index >= 15 is 0 Å². The largest absolute Gasteiger partial charge is 0.441 e. The fraction of sp³-hybridized carbons (Fsp3) is 0.385. The van der Waals surface area contributed by atoms with Crippen LogP contribution >= 0.6 is 0 Å². The van der Waals surface area contributed by atoms with Crippen LogP contribution in [0.25, 0.3) is 11.5 Å². The summed E-state index contributed by atoms with van der Waals surface area (Å²) in [5.74, 6) is 1.54. The Kier molecular flexibility index (Phi) is 3.34. The molecule has 0 bridgehead atoms. The number of hydrogen-bond donors (Lipinski definition) is 0. The Morgan fingerprint density at radius 1 is 1.31 bits per heavy atom. The average Bonchev–Trinajstić information content (AvgIpc) is 2.74. The van der Waals surface area contributed by atoms with Gasteiger partial charge in [-0.15, -0.1) is 0 Å². The van der Waals surface area contributed by atoms with Crippen molar-refractivity contribution in [1.29, 1.82) is 0 Å². The molecule has 0 aliphatic heterocycles. The number of pyridine rings is 1. The van der Waals surface area contributed by atoms with Gasteiger partial charge in [-0.25, -0.2) is 9.55 Å². The molecule has 2 heterocycles. The van der Waals surface area contributed by atoms with E-state index in [4.69, 9.17) is 4.42 Å². The molecule has 0 aliphatic rings. The van der Waals surface area contributed by atoms with Crippen LogP contribution in [0.3, 0.4) is 0 Å². The van der Waals surface area contributed by atoms with Gasteiger partial charge < -0.3 is 4.42 Å². The van der Waals surface area contributed by atoms with E-state index in [-0.39, 0.29) is 0 Å². The molecule has 2 aromatic rings. The SMILES string of the molecule is CCCC[n+]1ccc(-c2ncc(C)o2)cc1. The number of aromatic nitrogens is 2. The fourth-order valence-corrected chi connectivity index (χ4v) is 1.58. The quantitative estimate of drug-likeness (QED) is 0.737. The molecule has 3 heteroatoms. The molecule has 0 aliphatic carbocycles. The number of oxazole rings is 1. The highest BCUT2D eigenvalue weighted by atomic mass is 16.4. The zero-order chi connectivity index (χ0) is 11.4. The summed E-state index contributed by atoms with van der Waals surface area (Å²) in [6, 6.07) is 4.09. The van der Waals surface area contributed by atoms with Crippen molar-refractivity contribution in [3.63, 3.8) is 0 Å². The van der Waals surface area contributed by atoms with Gasteiger partial charge in [0.15, 0.2) is 12.4 Å². The second-order valence-corrected chi connectivity index (χ2v) is 3.95. The first-order chi connectivity index (χ1) is 7.79. The molecule has 2 rings (SSSR count). The van der Waals surface area contributed by atoms with Crippen LogP contribution in [0.5, 0.6) is 0 Å². The molecule has 3 nitrogen and oxygen atoms in total. The first-order valence-electron chi connectivity index (χ1n) is 5.71. The second-order valence-electron chi connectivity index (χ2n) is 3.95. The third kappa shape index (κ3) is 2.48. The maximum Gasteiger partial charge on any atom is 0.226 e. The number of aryl methyl sites for hydroxylation is 2. The molecule has 0 saturated carbocycles. The number of unbranched alkanes of at least 4 members (excludes halogenated alkanes) is 1. The van der Waals surface area contributed by atoms with Crippen molar-refractivity contribution in [3.8, 4) is 11.5 Å². The van der Waals surface area contributed by atoms with Gasteiger partial charge in [0.2, 0.25) is 5.89 Å². The van der Waals surface area contributed by atoms with E-state index in [0.29, 0.717) is 5.89 Å². The molecule has 0 saturated heterocycles. The van der Waals surface area contributed by atoms with Crippen molar-refractivity contribution in [2.24, 2.45) is 0 Å². The zero-order valence-corrected chi connectivity index (χ0v) is 9.81. The summed E-state index contributed by atoms with van der Waals surface area (Å²) in [6.07, 6.45) is 8.32. The van der Waals surface area contributed by atoms with E-state index in [1.165, 1.54) is 12.8 Å². The molecule has 16 heavy (non-hydrogen) atoms. The summed E-state index contributed by atoms with van der Waals surface area (Å²) < 4.78 is 7.65. The van der Waals surface area contributed by atoms with Gasteiger partial charge >= 0.3 is 0 Å². The molecule has 84 valence electrons. The molecule has 0 radical (unpaired) electrons. The van der Waals surface area contributed by atoms with Crippen LogP contribution < -0.4 is 4.57 Å². The highest BCUT2D eigenvalue weighted by Gasteiger charge is 2.06. The summed E-state index contributed by atoms with van der Waals surface area (Å²) in [6.45, 7) is 5.17. The van der Waals surface area contributed by atoms with Crippen LogP contribution in [0.2, 0.25) is 0 Å². The standard InChI is InChI=1S/C13H17N2O/c1-3-4-7-15-8-5-12(6-9-15)13-14-10-11(2)16-13/h5-6,8-10H,3-4,7H2,1-2H3/q+1. The van der Waals surface area contributed by atoms with Crippen molar-refractivity contribution in [3.05, 3.63) is 36.5 Å². The minimum absolute atomic E-state index is 0.695. The minimum atomic E-state index is 0.695. The van der Waals surface area contributed by atoms with E-state index in [9.17, 15) is 0 Å². The highest BCUT2D eigenvalue weighted by Crippen LogP contribution is 2.16. The normalized spacial score (nSPS) is 10.6. The van der Waals surface area contributed by atoms with Crippen LogP contribution in [-0.2, 0) is 6.54 Å². The Labute approximate surface area is 95.8 Å². The monoisotopic (exact) mass is 217 g/mol. The Morgan fingerprint density at radius 3 is 2.62 bits per heavy atom. The van der Waals surface area contributed by atoms with Crippen molar-refractivity contribution in [2.45, 2.75) is 33.2 Å². The Bertz CT molecular complexity index is 445. The molecule has 0 aromatic carbocycles. The summed E-state index contributed by atoms with van der Waals surface area (Å²) in [5, 5.41) is 0. The van der Waals surface area contributed by atoms with Crippen LogP contribution in [0.4, 0.5) is 0 Å². The van der Waals surface area contributed by atoms with Crippen LogP contribution in [0.1, 0.15) is 25.5 Å². The topological polar surface area (TPSA) is 29.9 Å². The third-order valence-electron chi connectivity index (χ3n) is 2.53. The predicted molar refractivity (Wildman–Crippen MR) is 61.8 cm³/mol. The van der Waals surface area contributed by atoms with Gasteiger partial charge in [-0.05, 0) is 6.92 Å². The molecule has 2 aromatic heterocycles. The summed E-state index contributed by atoms with van der Waals surface area (Å²) >= 11 is 0. The molecular weight excluding hydrogens is 200 g/mol. The number of hydrogen-bond acceptors (Lipinski definition) is 2. The van der Waals surface area contributed by atoms with E-state index < -0.39 is 0 Å². The van der Waals surface area contributed by atoms with E-state index in [0.717, 1.165) is 17.9 Å². The molecular formula is C13H17N2O+. The smallest absolute Gasteiger partial charge is 0.226 e. The van der Waals surface area contributed by atoms with Crippen LogP contribution in [0.15, 0.2) is 35.1 Å². The maximum absolute atomic E-state index is 5.47. The summed E-state index contributed by atoms with van der Waals surface area (Å²) in [7, 11) is 0. The van der Waals surface area contributed by atoms with Crippen LogP contribution in [0, 0.1) is 6.92 Å². The van der Waals surface area contributed by atoms with Gasteiger partial charge in [0.25, 0.3) is 0 Å². The van der Waals surface area contributed by atoms with Gasteiger partial charge in [-0.2, -0.15) is 0 Å². The average molecular weight is 217 g/mol. The Balaban J connectivity index is 2.13. The first kappa shape index (κ1) is 10.9. The second kappa shape index (κ2) is 4.92. The molecule has 0 unspecified atom stereocenters. The lowest BCUT2D eigenvalue weighted by atomic mass is 10.2. The van der Waals surface area contributed by atoms with Gasteiger partial charge in [-0.1, -0.05) is 13.3 Å². The summed E-state index contributed by atoms with van der Waals surface area (Å²) in [5.41, 5.74) is 1.03. The van der Waals surface area contributed by atoms with E-state index in [2.05, 4.69) is 28.9 Å². The van der Waals surface area contributed by atoms with Gasteiger partial charge in [0.1, 0.15) is 12.3 Å². The third-order valence-corrected chi connectivity index (χ3v) is 2.53. The molecule has 0 fully saturated rings. The number of rotatable bonds is 4. The first-order valence-corrected chi connectivity index (χ1v) is 5.71. The lowest BCUT2D eigenvalue weighted by molar-refractivity contribution is -0.697. The molecule has 0 amide bonds. The van der Waals surface area contributed by atoms with Crippen molar-refractivity contribution < 1.29 is 8.98 Å². The molecule has 0 atom stereocenters. The van der Waals surface area contributed by atoms with Crippen molar-refractivity contribution >= 4 is 0 Å². The highest BCUT2D eigenvalue weighted by molar-refractivity contribution is 5.50. The van der Waals surface area contributed by atoms with E-state index in [1.54, 1.807) is 6.20 Å². The Hall–Kier alpha value is -1.64. The Morgan fingerprint density at radius 2 is 2.06 bits per heavy atom. The van der Waals surface area contributed by atoms with Gasteiger partial charge in [-0.3, -0.25) is 0 Å². The lowest BCUT2D eigenvalue weighted by Gasteiger charge is -1.96. The van der Waals surface area contributed by atoms with Gasteiger partial charge in [0, 0.05) is 24.1 Å².